The van der Waals surface area contributed by atoms with Gasteiger partial charge in [-0.15, -0.1) is 0 Å². The van der Waals surface area contributed by atoms with Crippen molar-refractivity contribution in [2.75, 3.05) is 0 Å². The summed E-state index contributed by atoms with van der Waals surface area (Å²) in [4.78, 5) is 11.6. The number of rotatable bonds is 2. The van der Waals surface area contributed by atoms with Crippen LogP contribution in [0.25, 0.3) is 0 Å². The Morgan fingerprint density at radius 1 is 1.20 bits per heavy atom. The van der Waals surface area contributed by atoms with Gasteiger partial charge in [-0.25, -0.2) is 5.84 Å². The summed E-state index contributed by atoms with van der Waals surface area (Å²) in [7, 11) is -0.512. The van der Waals surface area contributed by atoms with Crippen LogP contribution in [0.3, 0.4) is 0 Å². The molecule has 1 aromatic carbocycles. The number of carbonyl (C=O) groups excluding carboxylic acids is 1. The third-order valence-electron chi connectivity index (χ3n) is 3.84. The second kappa shape index (κ2) is 5.14. The summed E-state index contributed by atoms with van der Waals surface area (Å²) < 4.78 is 12.7. The SMILES string of the molecule is CC1(C)OB(c2cc(Br)cc(C(=O)NN)c2)OC1(C)C. The Labute approximate surface area is 127 Å². The minimum Gasteiger partial charge on any atom is -0.399 e. The van der Waals surface area contributed by atoms with Crippen LogP contribution < -0.4 is 16.7 Å². The van der Waals surface area contributed by atoms with E-state index in [2.05, 4.69) is 21.4 Å². The molecule has 1 amide bonds. The molecule has 1 aliphatic heterocycles. The van der Waals surface area contributed by atoms with Gasteiger partial charge in [0.2, 0.25) is 0 Å². The van der Waals surface area contributed by atoms with E-state index in [9.17, 15) is 4.79 Å². The van der Waals surface area contributed by atoms with E-state index in [1.54, 1.807) is 12.1 Å². The summed E-state index contributed by atoms with van der Waals surface area (Å²) in [6, 6.07) is 5.28. The molecule has 0 aliphatic carbocycles. The number of hydrogen-bond acceptors (Lipinski definition) is 4. The molecule has 1 aromatic rings. The van der Waals surface area contributed by atoms with Gasteiger partial charge in [0.25, 0.3) is 5.91 Å². The van der Waals surface area contributed by atoms with E-state index < -0.39 is 18.3 Å². The maximum Gasteiger partial charge on any atom is 0.494 e. The zero-order valence-corrected chi connectivity index (χ0v) is 13.6. The Balaban J connectivity index is 2.35. The summed E-state index contributed by atoms with van der Waals surface area (Å²) in [6.45, 7) is 7.94. The highest BCUT2D eigenvalue weighted by atomic mass is 79.9. The lowest BCUT2D eigenvalue weighted by Gasteiger charge is -2.32. The highest BCUT2D eigenvalue weighted by Crippen LogP contribution is 2.36. The molecule has 0 radical (unpaired) electrons. The van der Waals surface area contributed by atoms with Crippen molar-refractivity contribution in [2.45, 2.75) is 38.9 Å². The van der Waals surface area contributed by atoms with E-state index in [1.165, 1.54) is 0 Å². The van der Waals surface area contributed by atoms with Crippen molar-refractivity contribution in [2.24, 2.45) is 5.84 Å². The number of halogens is 1. The van der Waals surface area contributed by atoms with Gasteiger partial charge >= 0.3 is 7.12 Å². The van der Waals surface area contributed by atoms with Gasteiger partial charge in [0.15, 0.2) is 0 Å². The Morgan fingerprint density at radius 2 is 1.75 bits per heavy atom. The predicted octanol–water partition coefficient (Wildman–Crippen LogP) is 1.35. The number of nitrogen functional groups attached to an aromatic ring is 1. The summed E-state index contributed by atoms with van der Waals surface area (Å²) in [6.07, 6.45) is 0. The van der Waals surface area contributed by atoms with Crippen LogP contribution in [0.2, 0.25) is 0 Å². The van der Waals surface area contributed by atoms with Crippen LogP contribution in [-0.4, -0.2) is 24.2 Å². The number of benzene rings is 1. The molecule has 1 fully saturated rings. The molecule has 1 saturated heterocycles. The molecule has 0 unspecified atom stereocenters. The number of carbonyl (C=O) groups is 1. The molecule has 0 aromatic heterocycles. The third kappa shape index (κ3) is 2.76. The van der Waals surface area contributed by atoms with E-state index in [-0.39, 0.29) is 5.91 Å². The molecule has 0 bridgehead atoms. The second-order valence-electron chi connectivity index (χ2n) is 5.83. The standard InChI is InChI=1S/C13H18BBrN2O3/c1-12(2)13(3,4)20-14(19-12)9-5-8(11(18)17-16)6-10(15)7-9/h5-7H,16H2,1-4H3,(H,17,18). The molecule has 0 spiro atoms. The van der Waals surface area contributed by atoms with Crippen LogP contribution in [0.15, 0.2) is 22.7 Å². The van der Waals surface area contributed by atoms with Crippen molar-refractivity contribution in [3.63, 3.8) is 0 Å². The predicted molar refractivity (Wildman–Crippen MR) is 81.5 cm³/mol. The highest BCUT2D eigenvalue weighted by Gasteiger charge is 2.51. The van der Waals surface area contributed by atoms with Gasteiger partial charge in [0.05, 0.1) is 11.2 Å². The van der Waals surface area contributed by atoms with Gasteiger partial charge in [-0.05, 0) is 51.4 Å². The molecule has 5 nitrogen and oxygen atoms in total. The fraction of sp³-hybridized carbons (Fsp3) is 0.462. The first-order valence-corrected chi connectivity index (χ1v) is 7.13. The van der Waals surface area contributed by atoms with Gasteiger partial charge in [0, 0.05) is 10.0 Å². The molecule has 108 valence electrons. The Bertz CT molecular complexity index is 532. The zero-order valence-electron chi connectivity index (χ0n) is 12.0. The number of nitrogens with two attached hydrogens (primary N) is 1. The van der Waals surface area contributed by atoms with Crippen molar-refractivity contribution in [3.05, 3.63) is 28.2 Å². The van der Waals surface area contributed by atoms with Crippen LogP contribution in [0.4, 0.5) is 0 Å². The molecule has 7 heteroatoms. The first-order chi connectivity index (χ1) is 9.16. The van der Waals surface area contributed by atoms with Gasteiger partial charge in [0.1, 0.15) is 0 Å². The summed E-state index contributed by atoms with van der Waals surface area (Å²) in [5.41, 5.74) is 2.50. The lowest BCUT2D eigenvalue weighted by atomic mass is 9.78. The van der Waals surface area contributed by atoms with Gasteiger partial charge < -0.3 is 9.31 Å². The van der Waals surface area contributed by atoms with Gasteiger partial charge in [-0.1, -0.05) is 15.9 Å². The van der Waals surface area contributed by atoms with Gasteiger partial charge in [-0.2, -0.15) is 0 Å². The lowest BCUT2D eigenvalue weighted by molar-refractivity contribution is 0.00578. The molecule has 1 aliphatic rings. The zero-order chi connectivity index (χ0) is 15.1. The lowest BCUT2D eigenvalue weighted by Crippen LogP contribution is -2.41. The molecule has 1 heterocycles. The quantitative estimate of drug-likeness (QED) is 0.369. The van der Waals surface area contributed by atoms with Crippen LogP contribution >= 0.6 is 15.9 Å². The smallest absolute Gasteiger partial charge is 0.399 e. The first-order valence-electron chi connectivity index (χ1n) is 6.33. The van der Waals surface area contributed by atoms with Crippen LogP contribution in [0.5, 0.6) is 0 Å². The third-order valence-corrected chi connectivity index (χ3v) is 4.30. The monoisotopic (exact) mass is 340 g/mol. The average molecular weight is 341 g/mol. The largest absolute Gasteiger partial charge is 0.494 e. The van der Waals surface area contributed by atoms with Crippen LogP contribution in [0.1, 0.15) is 38.1 Å². The maximum absolute atomic E-state index is 11.6. The normalized spacial score (nSPS) is 20.0. The maximum atomic E-state index is 11.6. The van der Waals surface area contributed by atoms with Crippen molar-refractivity contribution in [3.8, 4) is 0 Å². The molecule has 20 heavy (non-hydrogen) atoms. The molecule has 0 atom stereocenters. The van der Waals surface area contributed by atoms with Crippen LogP contribution in [0, 0.1) is 0 Å². The number of hydrazine groups is 1. The van der Waals surface area contributed by atoms with Gasteiger partial charge in [-0.3, -0.25) is 10.2 Å². The van der Waals surface area contributed by atoms with E-state index in [1.807, 2.05) is 33.8 Å². The highest BCUT2D eigenvalue weighted by molar-refractivity contribution is 9.10. The van der Waals surface area contributed by atoms with Crippen molar-refractivity contribution < 1.29 is 14.1 Å². The Kier molecular flexibility index (Phi) is 3.99. The van der Waals surface area contributed by atoms with Crippen molar-refractivity contribution in [1.82, 2.24) is 5.43 Å². The molecule has 2 rings (SSSR count). The van der Waals surface area contributed by atoms with E-state index in [0.717, 1.165) is 9.94 Å². The molecular formula is C13H18BBrN2O3. The number of amides is 1. The van der Waals surface area contributed by atoms with Crippen molar-refractivity contribution in [1.29, 1.82) is 0 Å². The van der Waals surface area contributed by atoms with Crippen LogP contribution in [-0.2, 0) is 9.31 Å². The first kappa shape index (κ1) is 15.5. The van der Waals surface area contributed by atoms with Crippen molar-refractivity contribution >= 4 is 34.4 Å². The van der Waals surface area contributed by atoms with E-state index in [4.69, 9.17) is 15.2 Å². The number of hydrogen-bond donors (Lipinski definition) is 2. The Hall–Kier alpha value is -0.885. The average Bonchev–Trinajstić information content (AvgIpc) is 2.57. The minimum atomic E-state index is -0.512. The summed E-state index contributed by atoms with van der Waals surface area (Å²) >= 11 is 3.38. The molecule has 0 saturated carbocycles. The minimum absolute atomic E-state index is 0.357. The van der Waals surface area contributed by atoms with E-state index >= 15 is 0 Å². The molecule has 3 N–H and O–H groups in total. The fourth-order valence-electron chi connectivity index (χ4n) is 1.94. The topological polar surface area (TPSA) is 73.6 Å². The second-order valence-corrected chi connectivity index (χ2v) is 6.75. The van der Waals surface area contributed by atoms with E-state index in [0.29, 0.717) is 5.56 Å². The molecular weight excluding hydrogens is 323 g/mol. The number of nitrogens with one attached hydrogen (secondary N) is 1. The Morgan fingerprint density at radius 3 is 2.25 bits per heavy atom. The summed E-state index contributed by atoms with van der Waals surface area (Å²) in [5.74, 6) is 4.81. The summed E-state index contributed by atoms with van der Waals surface area (Å²) in [5, 5.41) is 0. The fourth-order valence-corrected chi connectivity index (χ4v) is 2.45.